The summed E-state index contributed by atoms with van der Waals surface area (Å²) in [5, 5.41) is 4.02. The van der Waals surface area contributed by atoms with E-state index in [-0.39, 0.29) is 6.04 Å². The largest absolute Gasteiger partial charge is 0.361 e. The highest BCUT2D eigenvalue weighted by atomic mass is 32.2. The van der Waals surface area contributed by atoms with Crippen LogP contribution in [0.5, 0.6) is 0 Å². The van der Waals surface area contributed by atoms with E-state index in [2.05, 4.69) is 15.0 Å². The van der Waals surface area contributed by atoms with E-state index < -0.39 is 10.0 Å². The first kappa shape index (κ1) is 19.0. The molecule has 1 aliphatic rings. The Balaban J connectivity index is 1.75. The number of sulfonamides is 1. The Morgan fingerprint density at radius 2 is 2.19 bits per heavy atom. The number of rotatable bonds is 6. The van der Waals surface area contributed by atoms with Gasteiger partial charge in [0.1, 0.15) is 5.76 Å². The van der Waals surface area contributed by atoms with Crippen LogP contribution in [0.3, 0.4) is 0 Å². The summed E-state index contributed by atoms with van der Waals surface area (Å²) in [5.41, 5.74) is 2.91. The van der Waals surface area contributed by atoms with Gasteiger partial charge in [-0.25, -0.2) is 8.42 Å². The fraction of sp³-hybridized carbons (Fsp3) is 0.556. The number of piperidine rings is 1. The van der Waals surface area contributed by atoms with Gasteiger partial charge in [-0.3, -0.25) is 9.88 Å². The normalized spacial score (nSPS) is 19.2. The molecule has 8 heteroatoms. The molecule has 1 fully saturated rings. The van der Waals surface area contributed by atoms with Crippen molar-refractivity contribution in [3.05, 3.63) is 47.1 Å². The molecule has 0 bridgehead atoms. The minimum Gasteiger partial charge on any atom is -0.361 e. The monoisotopic (exact) mass is 378 g/mol. The summed E-state index contributed by atoms with van der Waals surface area (Å²) in [4.78, 5) is 6.39. The molecule has 0 radical (unpaired) electrons. The summed E-state index contributed by atoms with van der Waals surface area (Å²) >= 11 is 0. The van der Waals surface area contributed by atoms with E-state index in [1.807, 2.05) is 26.0 Å². The Hall–Kier alpha value is -1.77. The molecule has 26 heavy (non-hydrogen) atoms. The van der Waals surface area contributed by atoms with Gasteiger partial charge in [-0.2, -0.15) is 4.31 Å². The van der Waals surface area contributed by atoms with Gasteiger partial charge in [0, 0.05) is 43.6 Å². The predicted octanol–water partition coefficient (Wildman–Crippen LogP) is 2.11. The Morgan fingerprint density at radius 1 is 1.38 bits per heavy atom. The van der Waals surface area contributed by atoms with E-state index >= 15 is 0 Å². The second-order valence-corrected chi connectivity index (χ2v) is 8.94. The van der Waals surface area contributed by atoms with Crippen LogP contribution in [0.2, 0.25) is 0 Å². The standard InChI is InChI=1S/C18H26N4O3S/c1-14-18(15(2)25-20-14)13-21-9-5-7-17(12-21)22(26(3,23)24)11-16-6-4-8-19-10-16/h4,6,8,10,17H,5,7,9,11-13H2,1-3H3. The van der Waals surface area contributed by atoms with Crippen LogP contribution >= 0.6 is 0 Å². The van der Waals surface area contributed by atoms with E-state index in [1.165, 1.54) is 6.26 Å². The number of hydrogen-bond donors (Lipinski definition) is 0. The van der Waals surface area contributed by atoms with Gasteiger partial charge in [0.2, 0.25) is 10.0 Å². The van der Waals surface area contributed by atoms with Gasteiger partial charge in [0.25, 0.3) is 0 Å². The molecule has 2 aromatic heterocycles. The SMILES string of the molecule is Cc1noc(C)c1CN1CCCC(N(Cc2cccnc2)S(C)(=O)=O)C1. The molecule has 1 atom stereocenters. The van der Waals surface area contributed by atoms with Crippen molar-refractivity contribution < 1.29 is 12.9 Å². The van der Waals surface area contributed by atoms with Crippen LogP contribution in [0.4, 0.5) is 0 Å². The number of likely N-dealkylation sites (tertiary alicyclic amines) is 1. The lowest BCUT2D eigenvalue weighted by atomic mass is 10.0. The molecule has 2 aromatic rings. The first-order valence-electron chi connectivity index (χ1n) is 8.84. The Morgan fingerprint density at radius 3 is 2.81 bits per heavy atom. The second kappa shape index (κ2) is 7.85. The Labute approximate surface area is 155 Å². The zero-order valence-electron chi connectivity index (χ0n) is 15.6. The van der Waals surface area contributed by atoms with Gasteiger partial charge in [0.15, 0.2) is 0 Å². The molecule has 0 spiro atoms. The highest BCUT2D eigenvalue weighted by molar-refractivity contribution is 7.88. The molecule has 142 valence electrons. The first-order chi connectivity index (χ1) is 12.3. The maximum absolute atomic E-state index is 12.4. The van der Waals surface area contributed by atoms with Gasteiger partial charge >= 0.3 is 0 Å². The van der Waals surface area contributed by atoms with Gasteiger partial charge in [-0.15, -0.1) is 0 Å². The highest BCUT2D eigenvalue weighted by Crippen LogP contribution is 2.23. The van der Waals surface area contributed by atoms with Crippen molar-refractivity contribution in [2.45, 2.75) is 45.8 Å². The van der Waals surface area contributed by atoms with Crippen LogP contribution in [-0.2, 0) is 23.1 Å². The van der Waals surface area contributed by atoms with E-state index in [0.29, 0.717) is 13.1 Å². The van der Waals surface area contributed by atoms with Crippen LogP contribution in [0, 0.1) is 13.8 Å². The van der Waals surface area contributed by atoms with E-state index in [0.717, 1.165) is 48.5 Å². The van der Waals surface area contributed by atoms with Gasteiger partial charge in [-0.05, 0) is 44.9 Å². The molecule has 0 N–H and O–H groups in total. The average Bonchev–Trinajstić information content (AvgIpc) is 2.92. The van der Waals surface area contributed by atoms with Crippen molar-refractivity contribution in [3.63, 3.8) is 0 Å². The lowest BCUT2D eigenvalue weighted by Gasteiger charge is -2.38. The maximum atomic E-state index is 12.4. The molecule has 3 rings (SSSR count). The average molecular weight is 378 g/mol. The van der Waals surface area contributed by atoms with Crippen molar-refractivity contribution >= 4 is 10.0 Å². The molecule has 1 unspecified atom stereocenters. The predicted molar refractivity (Wildman–Crippen MR) is 98.9 cm³/mol. The molecule has 1 aliphatic heterocycles. The van der Waals surface area contributed by atoms with Gasteiger partial charge < -0.3 is 4.52 Å². The van der Waals surface area contributed by atoms with Crippen molar-refractivity contribution in [2.24, 2.45) is 0 Å². The third kappa shape index (κ3) is 4.49. The molecule has 7 nitrogen and oxygen atoms in total. The second-order valence-electron chi connectivity index (χ2n) is 7.00. The van der Waals surface area contributed by atoms with Gasteiger partial charge in [0.05, 0.1) is 11.9 Å². The van der Waals surface area contributed by atoms with Crippen LogP contribution in [0.15, 0.2) is 29.0 Å². The smallest absolute Gasteiger partial charge is 0.211 e. The minimum absolute atomic E-state index is 0.0422. The van der Waals surface area contributed by atoms with Crippen molar-refractivity contribution in [3.8, 4) is 0 Å². The molecule has 0 amide bonds. The molecular weight excluding hydrogens is 352 g/mol. The van der Waals surface area contributed by atoms with Crippen molar-refractivity contribution in [1.29, 1.82) is 0 Å². The highest BCUT2D eigenvalue weighted by Gasteiger charge is 2.31. The van der Waals surface area contributed by atoms with E-state index in [9.17, 15) is 8.42 Å². The van der Waals surface area contributed by atoms with Gasteiger partial charge in [-0.1, -0.05) is 11.2 Å². The van der Waals surface area contributed by atoms with E-state index in [1.54, 1.807) is 16.7 Å². The topological polar surface area (TPSA) is 79.5 Å². The van der Waals surface area contributed by atoms with Crippen LogP contribution in [-0.4, -0.2) is 53.2 Å². The summed E-state index contributed by atoms with van der Waals surface area (Å²) < 4.78 is 31.7. The summed E-state index contributed by atoms with van der Waals surface area (Å²) in [6.07, 6.45) is 6.54. The fourth-order valence-corrected chi connectivity index (χ4v) is 4.65. The molecule has 1 saturated heterocycles. The van der Waals surface area contributed by atoms with Crippen LogP contribution < -0.4 is 0 Å². The minimum atomic E-state index is -3.32. The third-order valence-corrected chi connectivity index (χ3v) is 6.22. The summed E-state index contributed by atoms with van der Waals surface area (Å²) in [5.74, 6) is 0.833. The molecular formula is C18H26N4O3S. The lowest BCUT2D eigenvalue weighted by molar-refractivity contribution is 0.139. The lowest BCUT2D eigenvalue weighted by Crippen LogP contribution is -2.49. The molecule has 0 aliphatic carbocycles. The third-order valence-electron chi connectivity index (χ3n) is 4.94. The zero-order chi connectivity index (χ0) is 18.7. The number of nitrogens with zero attached hydrogens (tertiary/aromatic N) is 4. The Bertz CT molecular complexity index is 816. The van der Waals surface area contributed by atoms with Crippen molar-refractivity contribution in [1.82, 2.24) is 19.3 Å². The number of aromatic nitrogens is 2. The molecule has 0 saturated carbocycles. The number of aryl methyl sites for hydroxylation is 2. The molecule has 3 heterocycles. The summed E-state index contributed by atoms with van der Waals surface area (Å²) in [7, 11) is -3.32. The first-order valence-corrected chi connectivity index (χ1v) is 10.7. The van der Waals surface area contributed by atoms with Crippen LogP contribution in [0.25, 0.3) is 0 Å². The van der Waals surface area contributed by atoms with Crippen molar-refractivity contribution in [2.75, 3.05) is 19.3 Å². The summed E-state index contributed by atoms with van der Waals surface area (Å²) in [6, 6.07) is 3.70. The number of pyridine rings is 1. The molecule has 0 aromatic carbocycles. The summed E-state index contributed by atoms with van der Waals surface area (Å²) in [6.45, 7) is 6.61. The zero-order valence-corrected chi connectivity index (χ0v) is 16.4. The fourth-order valence-electron chi connectivity index (χ4n) is 3.55. The Kier molecular flexibility index (Phi) is 5.74. The maximum Gasteiger partial charge on any atom is 0.211 e. The number of hydrogen-bond acceptors (Lipinski definition) is 6. The van der Waals surface area contributed by atoms with E-state index in [4.69, 9.17) is 4.52 Å². The van der Waals surface area contributed by atoms with Crippen LogP contribution in [0.1, 0.15) is 35.4 Å². The quantitative estimate of drug-likeness (QED) is 0.766.